The monoisotopic (exact) mass is 303 g/mol. The predicted octanol–water partition coefficient (Wildman–Crippen LogP) is 4.33. The maximum absolute atomic E-state index is 12.4. The Labute approximate surface area is 132 Å². The molecule has 0 radical (unpaired) electrons. The maximum atomic E-state index is 12.4. The number of fused-ring (bicyclic) bond motifs is 1. The van der Waals surface area contributed by atoms with E-state index in [1.54, 1.807) is 0 Å². The van der Waals surface area contributed by atoms with E-state index in [1.165, 1.54) is 0 Å². The van der Waals surface area contributed by atoms with Crippen LogP contribution in [-0.4, -0.2) is 23.8 Å². The highest BCUT2D eigenvalue weighted by molar-refractivity contribution is 6.06. The number of aromatic nitrogens is 1. The predicted molar refractivity (Wildman–Crippen MR) is 88.7 cm³/mol. The number of hydrogen-bond acceptors (Lipinski definition) is 3. The molecular formula is C18H25NO3. The van der Waals surface area contributed by atoms with Gasteiger partial charge in [-0.15, -0.1) is 0 Å². The Morgan fingerprint density at radius 3 is 2.59 bits per heavy atom. The maximum Gasteiger partial charge on any atom is 0.340 e. The molecule has 0 aliphatic carbocycles. The summed E-state index contributed by atoms with van der Waals surface area (Å²) >= 11 is 0. The lowest BCUT2D eigenvalue weighted by Gasteiger charge is -2.08. The first-order valence-electron chi connectivity index (χ1n) is 8.06. The lowest BCUT2D eigenvalue weighted by molar-refractivity contribution is 0.0527. The zero-order valence-electron chi connectivity index (χ0n) is 13.9. The number of nitrogens with zero attached hydrogens (tertiary/aromatic N) is 1. The Morgan fingerprint density at radius 2 is 1.95 bits per heavy atom. The fraction of sp³-hybridized carbons (Fsp3) is 0.500. The molecule has 4 heteroatoms. The van der Waals surface area contributed by atoms with E-state index in [2.05, 4.69) is 11.5 Å². The molecule has 0 amide bonds. The number of esters is 1. The third-order valence-electron chi connectivity index (χ3n) is 3.82. The molecule has 0 unspecified atom stereocenters. The molecular weight excluding hydrogens is 278 g/mol. The van der Waals surface area contributed by atoms with Crippen LogP contribution in [0.1, 0.15) is 49.7 Å². The van der Waals surface area contributed by atoms with Gasteiger partial charge in [-0.05, 0) is 45.4 Å². The summed E-state index contributed by atoms with van der Waals surface area (Å²) in [5.74, 6) is 0.530. The lowest BCUT2D eigenvalue weighted by Crippen LogP contribution is -2.07. The molecule has 0 saturated heterocycles. The number of ether oxygens (including phenoxy) is 2. The van der Waals surface area contributed by atoms with Crippen molar-refractivity contribution in [2.45, 2.75) is 47.1 Å². The molecule has 0 aliphatic heterocycles. The number of hydrogen-bond donors (Lipinski definition) is 0. The fourth-order valence-electron chi connectivity index (χ4n) is 2.78. The molecule has 0 spiro atoms. The molecule has 120 valence electrons. The first-order chi connectivity index (χ1) is 10.6. The number of benzene rings is 1. The molecule has 0 aliphatic rings. The van der Waals surface area contributed by atoms with Crippen molar-refractivity contribution in [2.75, 3.05) is 13.2 Å². The second-order valence-electron chi connectivity index (χ2n) is 5.30. The minimum atomic E-state index is -0.256. The van der Waals surface area contributed by atoms with Crippen molar-refractivity contribution in [2.24, 2.45) is 0 Å². The Hall–Kier alpha value is -1.97. The van der Waals surface area contributed by atoms with Crippen LogP contribution in [0.3, 0.4) is 0 Å². The van der Waals surface area contributed by atoms with E-state index in [-0.39, 0.29) is 5.97 Å². The zero-order valence-corrected chi connectivity index (χ0v) is 13.9. The number of carbonyl (C=O) groups excluding carboxylic acids is 1. The van der Waals surface area contributed by atoms with Crippen LogP contribution in [0.4, 0.5) is 0 Å². The molecule has 0 N–H and O–H groups in total. The number of unbranched alkanes of at least 4 members (excludes halogenated alkanes) is 1. The van der Waals surface area contributed by atoms with E-state index < -0.39 is 0 Å². The average molecular weight is 303 g/mol. The average Bonchev–Trinajstić information content (AvgIpc) is 2.77. The number of carbonyl (C=O) groups is 1. The molecule has 0 fully saturated rings. The van der Waals surface area contributed by atoms with E-state index in [1.807, 2.05) is 39.0 Å². The van der Waals surface area contributed by atoms with Crippen molar-refractivity contribution in [1.82, 2.24) is 4.57 Å². The van der Waals surface area contributed by atoms with Gasteiger partial charge in [0.25, 0.3) is 0 Å². The smallest absolute Gasteiger partial charge is 0.340 e. The Kier molecular flexibility index (Phi) is 5.47. The van der Waals surface area contributed by atoms with E-state index >= 15 is 0 Å². The molecule has 0 atom stereocenters. The van der Waals surface area contributed by atoms with Crippen molar-refractivity contribution >= 4 is 16.9 Å². The SMILES string of the molecule is CCCCn1c(C)c(C(=O)OCC)c2cc(OCC)ccc21. The van der Waals surface area contributed by atoms with Gasteiger partial charge in [0.2, 0.25) is 0 Å². The minimum Gasteiger partial charge on any atom is -0.494 e. The van der Waals surface area contributed by atoms with Crippen molar-refractivity contribution in [1.29, 1.82) is 0 Å². The van der Waals surface area contributed by atoms with Gasteiger partial charge in [0.05, 0.1) is 18.8 Å². The van der Waals surface area contributed by atoms with Gasteiger partial charge in [-0.25, -0.2) is 4.79 Å². The van der Waals surface area contributed by atoms with E-state index in [9.17, 15) is 4.79 Å². The second-order valence-corrected chi connectivity index (χ2v) is 5.30. The molecule has 0 saturated carbocycles. The highest BCUT2D eigenvalue weighted by Crippen LogP contribution is 2.30. The van der Waals surface area contributed by atoms with Gasteiger partial charge < -0.3 is 14.0 Å². The summed E-state index contributed by atoms with van der Waals surface area (Å²) in [6, 6.07) is 5.94. The quantitative estimate of drug-likeness (QED) is 0.715. The van der Waals surface area contributed by atoms with Gasteiger partial charge in [0.1, 0.15) is 5.75 Å². The Bertz CT molecular complexity index is 658. The molecule has 4 nitrogen and oxygen atoms in total. The number of aryl methyl sites for hydroxylation is 1. The summed E-state index contributed by atoms with van der Waals surface area (Å²) in [4.78, 5) is 12.4. The minimum absolute atomic E-state index is 0.256. The highest BCUT2D eigenvalue weighted by Gasteiger charge is 2.21. The van der Waals surface area contributed by atoms with Gasteiger partial charge in [0, 0.05) is 23.1 Å². The van der Waals surface area contributed by atoms with Crippen LogP contribution >= 0.6 is 0 Å². The van der Waals surface area contributed by atoms with Crippen molar-refractivity contribution in [3.05, 3.63) is 29.5 Å². The summed E-state index contributed by atoms with van der Waals surface area (Å²) in [6.45, 7) is 9.83. The molecule has 1 aromatic carbocycles. The molecule has 0 bridgehead atoms. The Morgan fingerprint density at radius 1 is 1.18 bits per heavy atom. The zero-order chi connectivity index (χ0) is 16.1. The van der Waals surface area contributed by atoms with Crippen molar-refractivity contribution < 1.29 is 14.3 Å². The van der Waals surface area contributed by atoms with Gasteiger partial charge in [-0.2, -0.15) is 0 Å². The summed E-state index contributed by atoms with van der Waals surface area (Å²) in [5, 5.41) is 0.915. The van der Waals surface area contributed by atoms with Gasteiger partial charge in [-0.3, -0.25) is 0 Å². The molecule has 22 heavy (non-hydrogen) atoms. The molecule has 2 rings (SSSR count). The third-order valence-corrected chi connectivity index (χ3v) is 3.82. The van der Waals surface area contributed by atoms with Crippen LogP contribution in [0, 0.1) is 6.92 Å². The fourth-order valence-corrected chi connectivity index (χ4v) is 2.78. The second kappa shape index (κ2) is 7.34. The molecule has 1 heterocycles. The summed E-state index contributed by atoms with van der Waals surface area (Å²) in [6.07, 6.45) is 2.20. The molecule has 1 aromatic heterocycles. The largest absolute Gasteiger partial charge is 0.494 e. The van der Waals surface area contributed by atoms with Gasteiger partial charge >= 0.3 is 5.97 Å². The van der Waals surface area contributed by atoms with Crippen LogP contribution in [0.5, 0.6) is 5.75 Å². The van der Waals surface area contributed by atoms with Gasteiger partial charge in [0.15, 0.2) is 0 Å². The normalized spacial score (nSPS) is 10.9. The third kappa shape index (κ3) is 3.11. The molecule has 2 aromatic rings. The van der Waals surface area contributed by atoms with Crippen molar-refractivity contribution in [3.63, 3.8) is 0 Å². The van der Waals surface area contributed by atoms with Crippen LogP contribution < -0.4 is 4.74 Å². The van der Waals surface area contributed by atoms with Crippen LogP contribution in [0.25, 0.3) is 10.9 Å². The van der Waals surface area contributed by atoms with Crippen molar-refractivity contribution in [3.8, 4) is 5.75 Å². The summed E-state index contributed by atoms with van der Waals surface area (Å²) in [7, 11) is 0. The lowest BCUT2D eigenvalue weighted by atomic mass is 10.1. The van der Waals surface area contributed by atoms with Gasteiger partial charge in [-0.1, -0.05) is 13.3 Å². The standard InChI is InChI=1S/C18H25NO3/c1-5-8-11-19-13(4)17(18(20)22-7-3)15-12-14(21-6-2)9-10-16(15)19/h9-10,12H,5-8,11H2,1-4H3. The first kappa shape index (κ1) is 16.4. The van der Waals surface area contributed by atoms with E-state index in [4.69, 9.17) is 9.47 Å². The first-order valence-corrected chi connectivity index (χ1v) is 8.06. The summed E-state index contributed by atoms with van der Waals surface area (Å²) < 4.78 is 13.0. The topological polar surface area (TPSA) is 40.5 Å². The highest BCUT2D eigenvalue weighted by atomic mass is 16.5. The summed E-state index contributed by atoms with van der Waals surface area (Å²) in [5.41, 5.74) is 2.70. The van der Waals surface area contributed by atoms with Crippen LogP contribution in [0.2, 0.25) is 0 Å². The van der Waals surface area contributed by atoms with Crippen LogP contribution in [0.15, 0.2) is 18.2 Å². The van der Waals surface area contributed by atoms with Crippen LogP contribution in [-0.2, 0) is 11.3 Å². The number of rotatable bonds is 7. The van der Waals surface area contributed by atoms with E-state index in [0.29, 0.717) is 18.8 Å². The van der Waals surface area contributed by atoms with E-state index in [0.717, 1.165) is 41.7 Å². The Balaban J connectivity index is 2.60.